The molecule has 0 heterocycles. The first kappa shape index (κ1) is 13.6. The fourth-order valence-corrected chi connectivity index (χ4v) is 2.33. The monoisotopic (exact) mass is 267 g/mol. The van der Waals surface area contributed by atoms with Gasteiger partial charge in [0.25, 0.3) is 0 Å². The maximum absolute atomic E-state index is 13.7. The van der Waals surface area contributed by atoms with E-state index >= 15 is 0 Å². The van der Waals surface area contributed by atoms with Crippen LogP contribution in [0.15, 0.2) is 18.2 Å². The average Bonchev–Trinajstić information content (AvgIpc) is 2.84. The molecule has 0 bridgehead atoms. The summed E-state index contributed by atoms with van der Waals surface area (Å²) >= 11 is 0. The number of hydrogen-bond donors (Lipinski definition) is 2. The van der Waals surface area contributed by atoms with Crippen molar-refractivity contribution in [1.29, 1.82) is 0 Å². The Bertz CT molecular complexity index is 458. The third kappa shape index (κ3) is 3.59. The molecule has 0 unspecified atom stereocenters. The molecule has 1 aromatic carbocycles. The van der Waals surface area contributed by atoms with Crippen LogP contribution in [0, 0.1) is 5.82 Å². The van der Waals surface area contributed by atoms with Crippen LogP contribution in [0.1, 0.15) is 44.2 Å². The third-order valence-corrected chi connectivity index (χ3v) is 3.39. The minimum Gasteiger partial charge on any atom is -0.487 e. The number of halogens is 1. The fraction of sp³-hybridized carbons (Fsp3) is 0.500. The number of amides is 1. The topological polar surface area (TPSA) is 58.6 Å². The first-order valence-corrected chi connectivity index (χ1v) is 6.52. The van der Waals surface area contributed by atoms with Crippen molar-refractivity contribution in [3.63, 3.8) is 0 Å². The lowest BCUT2D eigenvalue weighted by molar-refractivity contribution is 0.190. The summed E-state index contributed by atoms with van der Waals surface area (Å²) in [6, 6.07) is 4.06. The summed E-state index contributed by atoms with van der Waals surface area (Å²) in [6.07, 6.45) is 3.10. The van der Waals surface area contributed by atoms with Gasteiger partial charge in [-0.25, -0.2) is 9.18 Å². The lowest BCUT2D eigenvalue weighted by Crippen LogP contribution is -2.24. The van der Waals surface area contributed by atoms with Crippen molar-refractivity contribution in [3.05, 3.63) is 29.6 Å². The SMILES string of the molecule is C[C@@H](NC(=O)O)c1ccc(F)c(OC2CCCC2)c1. The van der Waals surface area contributed by atoms with Crippen molar-refractivity contribution in [2.45, 2.75) is 44.8 Å². The van der Waals surface area contributed by atoms with Crippen molar-refractivity contribution in [1.82, 2.24) is 5.32 Å². The second kappa shape index (κ2) is 5.91. The van der Waals surface area contributed by atoms with E-state index in [1.54, 1.807) is 19.1 Å². The summed E-state index contributed by atoms with van der Waals surface area (Å²) in [5.41, 5.74) is 0.691. The maximum atomic E-state index is 13.7. The van der Waals surface area contributed by atoms with E-state index in [1.165, 1.54) is 6.07 Å². The highest BCUT2D eigenvalue weighted by molar-refractivity contribution is 5.65. The smallest absolute Gasteiger partial charge is 0.405 e. The highest BCUT2D eigenvalue weighted by Gasteiger charge is 2.19. The highest BCUT2D eigenvalue weighted by Crippen LogP contribution is 2.28. The summed E-state index contributed by atoms with van der Waals surface area (Å²) < 4.78 is 19.3. The van der Waals surface area contributed by atoms with Gasteiger partial charge in [0.2, 0.25) is 0 Å². The fourth-order valence-electron chi connectivity index (χ4n) is 2.33. The second-order valence-corrected chi connectivity index (χ2v) is 4.89. The molecular formula is C14H18FNO3. The molecule has 1 saturated carbocycles. The van der Waals surface area contributed by atoms with Gasteiger partial charge >= 0.3 is 6.09 Å². The Morgan fingerprint density at radius 3 is 2.79 bits per heavy atom. The maximum Gasteiger partial charge on any atom is 0.405 e. The molecule has 5 heteroatoms. The van der Waals surface area contributed by atoms with E-state index in [0.29, 0.717) is 5.56 Å². The minimum absolute atomic E-state index is 0.0764. The summed E-state index contributed by atoms with van der Waals surface area (Å²) in [7, 11) is 0. The minimum atomic E-state index is -1.10. The Hall–Kier alpha value is -1.78. The molecular weight excluding hydrogens is 249 g/mol. The van der Waals surface area contributed by atoms with Crippen LogP contribution in [-0.2, 0) is 0 Å². The van der Waals surface area contributed by atoms with E-state index in [-0.39, 0.29) is 11.9 Å². The van der Waals surface area contributed by atoms with Gasteiger partial charge in [0.15, 0.2) is 11.6 Å². The van der Waals surface area contributed by atoms with E-state index in [2.05, 4.69) is 5.32 Å². The summed E-state index contributed by atoms with van der Waals surface area (Å²) in [5.74, 6) is -0.193. The van der Waals surface area contributed by atoms with Crippen LogP contribution >= 0.6 is 0 Å². The number of carbonyl (C=O) groups is 1. The van der Waals surface area contributed by atoms with Gasteiger partial charge in [-0.05, 0) is 50.3 Å². The Balaban J connectivity index is 2.11. The van der Waals surface area contributed by atoms with Gasteiger partial charge in [-0.15, -0.1) is 0 Å². The van der Waals surface area contributed by atoms with Crippen molar-refractivity contribution in [2.24, 2.45) is 0 Å². The number of rotatable bonds is 4. The van der Waals surface area contributed by atoms with Gasteiger partial charge < -0.3 is 15.2 Å². The van der Waals surface area contributed by atoms with Crippen LogP contribution in [0.2, 0.25) is 0 Å². The Morgan fingerprint density at radius 2 is 2.16 bits per heavy atom. The molecule has 2 rings (SSSR count). The van der Waals surface area contributed by atoms with Crippen LogP contribution in [-0.4, -0.2) is 17.3 Å². The average molecular weight is 267 g/mol. The van der Waals surface area contributed by atoms with Crippen molar-refractivity contribution in [2.75, 3.05) is 0 Å². The Labute approximate surface area is 111 Å². The quantitative estimate of drug-likeness (QED) is 0.878. The van der Waals surface area contributed by atoms with Gasteiger partial charge in [0, 0.05) is 0 Å². The standard InChI is InChI=1S/C14H18FNO3/c1-9(16-14(17)18)10-6-7-12(15)13(8-10)19-11-4-2-3-5-11/h6-9,11,16H,2-5H2,1H3,(H,17,18)/t9-/m1/s1. The van der Waals surface area contributed by atoms with E-state index in [0.717, 1.165) is 25.7 Å². The first-order chi connectivity index (χ1) is 9.06. The van der Waals surface area contributed by atoms with Crippen LogP contribution in [0.25, 0.3) is 0 Å². The summed E-state index contributed by atoms with van der Waals surface area (Å²) in [5, 5.41) is 11.0. The molecule has 4 nitrogen and oxygen atoms in total. The molecule has 19 heavy (non-hydrogen) atoms. The predicted molar refractivity (Wildman–Crippen MR) is 68.9 cm³/mol. The Kier molecular flexibility index (Phi) is 4.24. The van der Waals surface area contributed by atoms with Crippen LogP contribution < -0.4 is 10.1 Å². The van der Waals surface area contributed by atoms with Gasteiger partial charge in [0.1, 0.15) is 0 Å². The molecule has 0 radical (unpaired) electrons. The molecule has 1 atom stereocenters. The zero-order valence-electron chi connectivity index (χ0n) is 10.9. The molecule has 1 aliphatic carbocycles. The lowest BCUT2D eigenvalue weighted by atomic mass is 10.1. The predicted octanol–water partition coefficient (Wildman–Crippen LogP) is 3.48. The van der Waals surface area contributed by atoms with E-state index < -0.39 is 18.0 Å². The lowest BCUT2D eigenvalue weighted by Gasteiger charge is -2.17. The highest BCUT2D eigenvalue weighted by atomic mass is 19.1. The molecule has 104 valence electrons. The molecule has 0 saturated heterocycles. The zero-order valence-corrected chi connectivity index (χ0v) is 10.9. The molecule has 0 spiro atoms. The number of benzene rings is 1. The largest absolute Gasteiger partial charge is 0.487 e. The van der Waals surface area contributed by atoms with Crippen molar-refractivity contribution in [3.8, 4) is 5.75 Å². The molecule has 1 aromatic rings. The molecule has 1 aliphatic rings. The summed E-state index contributed by atoms with van der Waals surface area (Å²) in [6.45, 7) is 1.71. The molecule has 2 N–H and O–H groups in total. The normalized spacial score (nSPS) is 17.2. The van der Waals surface area contributed by atoms with Gasteiger partial charge in [-0.3, -0.25) is 0 Å². The molecule has 0 aliphatic heterocycles. The van der Waals surface area contributed by atoms with Crippen LogP contribution in [0.4, 0.5) is 9.18 Å². The van der Waals surface area contributed by atoms with Gasteiger partial charge in [-0.2, -0.15) is 0 Å². The van der Waals surface area contributed by atoms with Crippen molar-refractivity contribution < 1.29 is 19.0 Å². The number of ether oxygens (including phenoxy) is 1. The van der Waals surface area contributed by atoms with Crippen molar-refractivity contribution >= 4 is 6.09 Å². The van der Waals surface area contributed by atoms with Crippen LogP contribution in [0.3, 0.4) is 0 Å². The van der Waals surface area contributed by atoms with E-state index in [9.17, 15) is 9.18 Å². The summed E-state index contributed by atoms with van der Waals surface area (Å²) in [4.78, 5) is 10.6. The second-order valence-electron chi connectivity index (χ2n) is 4.89. The van der Waals surface area contributed by atoms with Gasteiger partial charge in [-0.1, -0.05) is 6.07 Å². The third-order valence-electron chi connectivity index (χ3n) is 3.39. The Morgan fingerprint density at radius 1 is 1.47 bits per heavy atom. The number of hydrogen-bond acceptors (Lipinski definition) is 2. The van der Waals surface area contributed by atoms with Crippen LogP contribution in [0.5, 0.6) is 5.75 Å². The molecule has 1 amide bonds. The number of nitrogens with one attached hydrogen (secondary N) is 1. The van der Waals surface area contributed by atoms with E-state index in [4.69, 9.17) is 9.84 Å². The molecule has 1 fully saturated rings. The van der Waals surface area contributed by atoms with E-state index in [1.807, 2.05) is 0 Å². The zero-order chi connectivity index (χ0) is 13.8. The van der Waals surface area contributed by atoms with Gasteiger partial charge in [0.05, 0.1) is 12.1 Å². The molecule has 0 aromatic heterocycles. The first-order valence-electron chi connectivity index (χ1n) is 6.52. The number of carboxylic acid groups (broad SMARTS) is 1.